The van der Waals surface area contributed by atoms with E-state index in [0.717, 1.165) is 37.0 Å². The summed E-state index contributed by atoms with van der Waals surface area (Å²) >= 11 is 6.08. The fraction of sp³-hybridized carbons (Fsp3) is 0.600. The third kappa shape index (κ3) is 2.38. The van der Waals surface area contributed by atoms with Crippen LogP contribution in [0.2, 0.25) is 5.15 Å². The van der Waals surface area contributed by atoms with Crippen molar-refractivity contribution in [1.29, 1.82) is 0 Å². The van der Waals surface area contributed by atoms with E-state index in [4.69, 9.17) is 11.6 Å². The minimum absolute atomic E-state index is 0.0735. The van der Waals surface area contributed by atoms with Gasteiger partial charge in [0.25, 0.3) is 5.92 Å². The average Bonchev–Trinajstić information content (AvgIpc) is 2.90. The molecule has 0 aromatic carbocycles. The Morgan fingerprint density at radius 3 is 2.55 bits per heavy atom. The van der Waals surface area contributed by atoms with Crippen molar-refractivity contribution in [2.45, 2.75) is 43.6 Å². The number of hydrogen-bond donors (Lipinski definition) is 0. The summed E-state index contributed by atoms with van der Waals surface area (Å²) in [5.74, 6) is -1.11. The Kier molecular flexibility index (Phi) is 3.34. The van der Waals surface area contributed by atoms with Crippen molar-refractivity contribution in [3.8, 4) is 0 Å². The lowest BCUT2D eigenvalue weighted by Crippen LogP contribution is -2.60. The van der Waals surface area contributed by atoms with Crippen LogP contribution in [0.4, 0.5) is 8.78 Å². The maximum absolute atomic E-state index is 13.0. The molecule has 118 valence electrons. The number of nitrogens with zero attached hydrogens (tertiary/aromatic N) is 4. The van der Waals surface area contributed by atoms with Crippen LogP contribution >= 0.6 is 11.6 Å². The summed E-state index contributed by atoms with van der Waals surface area (Å²) in [6, 6.07) is 0.298. The molecule has 2 aromatic rings. The van der Waals surface area contributed by atoms with Gasteiger partial charge in [0.1, 0.15) is 11.3 Å². The summed E-state index contributed by atoms with van der Waals surface area (Å²) < 4.78 is 28.0. The summed E-state index contributed by atoms with van der Waals surface area (Å²) in [7, 11) is 0. The van der Waals surface area contributed by atoms with Crippen molar-refractivity contribution < 1.29 is 8.78 Å². The van der Waals surface area contributed by atoms with Gasteiger partial charge in [0.15, 0.2) is 5.15 Å². The number of halogens is 3. The second-order valence-corrected chi connectivity index (χ2v) is 6.71. The number of alkyl halides is 2. The number of likely N-dealkylation sites (tertiary alicyclic amines) is 1. The zero-order chi connectivity index (χ0) is 15.3. The van der Waals surface area contributed by atoms with E-state index >= 15 is 0 Å². The predicted molar refractivity (Wildman–Crippen MR) is 79.5 cm³/mol. The molecule has 4 nitrogen and oxygen atoms in total. The normalized spacial score (nSPS) is 28.7. The van der Waals surface area contributed by atoms with Crippen LogP contribution in [0.1, 0.15) is 37.4 Å². The van der Waals surface area contributed by atoms with E-state index < -0.39 is 5.92 Å². The minimum atomic E-state index is -2.47. The molecule has 1 saturated heterocycles. The van der Waals surface area contributed by atoms with E-state index in [-0.39, 0.29) is 13.1 Å². The van der Waals surface area contributed by atoms with Gasteiger partial charge in [0.2, 0.25) is 0 Å². The first-order valence-electron chi connectivity index (χ1n) is 7.63. The Hall–Kier alpha value is -1.27. The van der Waals surface area contributed by atoms with Gasteiger partial charge in [-0.2, -0.15) is 0 Å². The Morgan fingerprint density at radius 2 is 1.86 bits per heavy atom. The van der Waals surface area contributed by atoms with Gasteiger partial charge in [0, 0.05) is 24.4 Å². The summed E-state index contributed by atoms with van der Waals surface area (Å²) in [4.78, 5) is 10.5. The molecule has 0 amide bonds. The molecule has 7 heteroatoms. The van der Waals surface area contributed by atoms with Crippen LogP contribution < -0.4 is 0 Å². The van der Waals surface area contributed by atoms with Gasteiger partial charge in [-0.05, 0) is 25.7 Å². The van der Waals surface area contributed by atoms with Crippen molar-refractivity contribution in [1.82, 2.24) is 19.3 Å². The Labute approximate surface area is 132 Å². The highest BCUT2D eigenvalue weighted by Crippen LogP contribution is 2.38. The van der Waals surface area contributed by atoms with Crippen molar-refractivity contribution in [3.05, 3.63) is 29.6 Å². The maximum atomic E-state index is 13.0. The lowest BCUT2D eigenvalue weighted by atomic mass is 9.83. The fourth-order valence-electron chi connectivity index (χ4n) is 3.72. The first-order chi connectivity index (χ1) is 10.5. The van der Waals surface area contributed by atoms with Crippen LogP contribution in [0.15, 0.2) is 18.6 Å². The molecule has 1 aliphatic heterocycles. The van der Waals surface area contributed by atoms with Gasteiger partial charge in [-0.1, -0.05) is 11.6 Å². The fourth-order valence-corrected chi connectivity index (χ4v) is 3.92. The molecule has 0 radical (unpaired) electrons. The van der Waals surface area contributed by atoms with E-state index in [0.29, 0.717) is 17.1 Å². The number of aromatic nitrogens is 3. The molecule has 0 bridgehead atoms. The van der Waals surface area contributed by atoms with Gasteiger partial charge in [0.05, 0.1) is 19.3 Å². The zero-order valence-electron chi connectivity index (χ0n) is 12.1. The van der Waals surface area contributed by atoms with Crippen molar-refractivity contribution in [2.75, 3.05) is 13.1 Å². The monoisotopic (exact) mass is 326 g/mol. The van der Waals surface area contributed by atoms with Gasteiger partial charge >= 0.3 is 0 Å². The highest BCUT2D eigenvalue weighted by Gasteiger charge is 2.47. The first kappa shape index (κ1) is 14.3. The highest BCUT2D eigenvalue weighted by molar-refractivity contribution is 6.32. The number of fused-ring (bicyclic) bond motifs is 1. The summed E-state index contributed by atoms with van der Waals surface area (Å²) in [6.07, 6.45) is 9.17. The predicted octanol–water partition coefficient (Wildman–Crippen LogP) is 3.36. The molecule has 4 rings (SSSR count). The van der Waals surface area contributed by atoms with Crippen LogP contribution in [-0.2, 0) is 0 Å². The molecule has 3 heterocycles. The van der Waals surface area contributed by atoms with Crippen LogP contribution in [0.5, 0.6) is 0 Å². The molecule has 2 aromatic heterocycles. The number of hydrogen-bond acceptors (Lipinski definition) is 3. The lowest BCUT2D eigenvalue weighted by Gasteiger charge is -2.46. The summed E-state index contributed by atoms with van der Waals surface area (Å²) in [5, 5.41) is 0.456. The first-order valence-corrected chi connectivity index (χ1v) is 8.01. The second kappa shape index (κ2) is 5.13. The zero-order valence-corrected chi connectivity index (χ0v) is 12.8. The summed E-state index contributed by atoms with van der Waals surface area (Å²) in [5.41, 5.74) is 0.823. The van der Waals surface area contributed by atoms with E-state index in [2.05, 4.69) is 9.97 Å². The maximum Gasteiger partial charge on any atom is 0.272 e. The van der Waals surface area contributed by atoms with Crippen LogP contribution in [0.3, 0.4) is 0 Å². The molecule has 0 atom stereocenters. The van der Waals surface area contributed by atoms with E-state index in [1.54, 1.807) is 12.4 Å². The van der Waals surface area contributed by atoms with Crippen molar-refractivity contribution in [3.63, 3.8) is 0 Å². The van der Waals surface area contributed by atoms with Gasteiger partial charge < -0.3 is 0 Å². The third-order valence-electron chi connectivity index (χ3n) is 4.89. The van der Waals surface area contributed by atoms with Crippen molar-refractivity contribution >= 4 is 17.1 Å². The Morgan fingerprint density at radius 1 is 1.14 bits per heavy atom. The molecular formula is C15H17ClF2N4. The van der Waals surface area contributed by atoms with Gasteiger partial charge in [-0.15, -0.1) is 0 Å². The Balaban J connectivity index is 1.46. The quantitative estimate of drug-likeness (QED) is 0.848. The molecule has 0 N–H and O–H groups in total. The number of imidazole rings is 1. The molecule has 2 fully saturated rings. The SMILES string of the molecule is FC1(F)CN([C@H]2CC[C@H](c3ncc4c(Cl)nccn43)CC2)C1. The van der Waals surface area contributed by atoms with Gasteiger partial charge in [-0.25, -0.2) is 18.7 Å². The lowest BCUT2D eigenvalue weighted by molar-refractivity contribution is -0.150. The molecular weight excluding hydrogens is 310 g/mol. The van der Waals surface area contributed by atoms with Crippen molar-refractivity contribution in [2.24, 2.45) is 0 Å². The topological polar surface area (TPSA) is 33.4 Å². The molecule has 0 unspecified atom stereocenters. The standard InChI is InChI=1S/C15H17ClF2N4/c16-13-12-7-20-14(22(12)6-5-19-13)10-1-3-11(4-2-10)21-8-15(17,18)9-21/h5-7,10-11H,1-4,8-9H2/t10-,11-. The molecule has 2 aliphatic rings. The van der Waals surface area contributed by atoms with E-state index in [1.165, 1.54) is 0 Å². The van der Waals surface area contributed by atoms with E-state index in [1.807, 2.05) is 15.5 Å². The average molecular weight is 327 g/mol. The smallest absolute Gasteiger partial charge is 0.272 e. The minimum Gasteiger partial charge on any atom is -0.299 e. The molecule has 1 saturated carbocycles. The highest BCUT2D eigenvalue weighted by atomic mass is 35.5. The summed E-state index contributed by atoms with van der Waals surface area (Å²) in [6.45, 7) is -0.147. The molecule has 22 heavy (non-hydrogen) atoms. The molecule has 1 aliphatic carbocycles. The number of rotatable bonds is 2. The van der Waals surface area contributed by atoms with Crippen LogP contribution in [0.25, 0.3) is 5.52 Å². The van der Waals surface area contributed by atoms with Crippen LogP contribution in [-0.4, -0.2) is 44.3 Å². The Bertz CT molecular complexity index is 686. The van der Waals surface area contributed by atoms with E-state index in [9.17, 15) is 8.78 Å². The molecule has 0 spiro atoms. The van der Waals surface area contributed by atoms with Crippen LogP contribution in [0, 0.1) is 0 Å². The largest absolute Gasteiger partial charge is 0.299 e. The van der Waals surface area contributed by atoms with Gasteiger partial charge in [-0.3, -0.25) is 9.30 Å². The second-order valence-electron chi connectivity index (χ2n) is 6.36. The third-order valence-corrected chi connectivity index (χ3v) is 5.18.